The van der Waals surface area contributed by atoms with Crippen LogP contribution in [0.25, 0.3) is 0 Å². The molecular formula is C6H9Br3O3. The van der Waals surface area contributed by atoms with Gasteiger partial charge in [0.15, 0.2) is 0 Å². The van der Waals surface area contributed by atoms with Crippen LogP contribution in [0.2, 0.25) is 0 Å². The number of rotatable bonds is 3. The molecule has 1 unspecified atom stereocenters. The number of halogens is 3. The number of hydrogen-bond acceptors (Lipinski definition) is 3. The molecule has 0 aliphatic heterocycles. The maximum absolute atomic E-state index is 8.76. The molecule has 0 aromatic rings. The summed E-state index contributed by atoms with van der Waals surface area (Å²) in [5, 5.41) is 26.3. The molecule has 0 amide bonds. The zero-order chi connectivity index (χ0) is 9.94. The topological polar surface area (TPSA) is 60.7 Å². The summed E-state index contributed by atoms with van der Waals surface area (Å²) in [6, 6.07) is 0. The Bertz CT molecular complexity index is 185. The van der Waals surface area contributed by atoms with Crippen LogP contribution in [0.4, 0.5) is 0 Å². The van der Waals surface area contributed by atoms with Crippen molar-refractivity contribution in [3.8, 4) is 0 Å². The lowest BCUT2D eigenvalue weighted by atomic mass is 10.3. The highest BCUT2D eigenvalue weighted by molar-refractivity contribution is 9.15. The van der Waals surface area contributed by atoms with Crippen molar-refractivity contribution < 1.29 is 15.3 Å². The zero-order valence-corrected chi connectivity index (χ0v) is 11.0. The monoisotopic (exact) mass is 366 g/mol. The van der Waals surface area contributed by atoms with E-state index in [1.54, 1.807) is 0 Å². The van der Waals surface area contributed by atoms with Crippen LogP contribution in [0.1, 0.15) is 13.3 Å². The molecule has 0 aliphatic carbocycles. The molecule has 3 N–H and O–H groups in total. The fraction of sp³-hybridized carbons (Fsp3) is 0.667. The highest BCUT2D eigenvalue weighted by atomic mass is 79.9. The molecule has 0 aliphatic rings. The first-order chi connectivity index (χ1) is 5.30. The fourth-order valence-electron chi connectivity index (χ4n) is 0.477. The number of hydrogen-bond donors (Lipinski definition) is 3. The van der Waals surface area contributed by atoms with E-state index in [0.717, 1.165) is 6.42 Å². The molecule has 0 bridgehead atoms. The second-order valence-electron chi connectivity index (χ2n) is 2.17. The zero-order valence-electron chi connectivity index (χ0n) is 6.26. The van der Waals surface area contributed by atoms with Crippen LogP contribution in [0.5, 0.6) is 0 Å². The average molecular weight is 369 g/mol. The summed E-state index contributed by atoms with van der Waals surface area (Å²) < 4.78 is 0.372. The highest BCUT2D eigenvalue weighted by Crippen LogP contribution is 2.32. The van der Waals surface area contributed by atoms with Crippen LogP contribution in [0.15, 0.2) is 8.96 Å². The third-order valence-electron chi connectivity index (χ3n) is 1.14. The molecule has 3 nitrogen and oxygen atoms in total. The van der Waals surface area contributed by atoms with Gasteiger partial charge in [0.05, 0.1) is 4.48 Å². The molecule has 0 saturated carbocycles. The van der Waals surface area contributed by atoms with Crippen LogP contribution in [0, 0.1) is 0 Å². The molecule has 0 aromatic heterocycles. The summed E-state index contributed by atoms with van der Waals surface area (Å²) in [6.45, 7) is 1.91. The van der Waals surface area contributed by atoms with Gasteiger partial charge in [-0.15, -0.1) is 0 Å². The third-order valence-corrected chi connectivity index (χ3v) is 5.30. The predicted octanol–water partition coefficient (Wildman–Crippen LogP) is 1.79. The van der Waals surface area contributed by atoms with Crippen LogP contribution in [-0.2, 0) is 0 Å². The molecule has 72 valence electrons. The van der Waals surface area contributed by atoms with Gasteiger partial charge in [-0.05, 0) is 22.4 Å². The maximum Gasteiger partial charge on any atom is 0.312 e. The van der Waals surface area contributed by atoms with Crippen LogP contribution in [0.3, 0.4) is 0 Å². The standard InChI is InChI=1S/C6H9Br3O3/c1-2-3(7)4(8)5(9)6(10,11)12/h3,10-12H,2H2,1H3. The lowest BCUT2D eigenvalue weighted by Crippen LogP contribution is -2.28. The van der Waals surface area contributed by atoms with Crippen molar-refractivity contribution in [2.45, 2.75) is 24.1 Å². The molecule has 12 heavy (non-hydrogen) atoms. The molecule has 0 aromatic carbocycles. The molecule has 1 atom stereocenters. The molecule has 0 spiro atoms. The van der Waals surface area contributed by atoms with Crippen molar-refractivity contribution in [2.75, 3.05) is 0 Å². The van der Waals surface area contributed by atoms with E-state index in [1.165, 1.54) is 0 Å². The third kappa shape index (κ3) is 3.85. The van der Waals surface area contributed by atoms with Crippen LogP contribution < -0.4 is 0 Å². The van der Waals surface area contributed by atoms with E-state index in [4.69, 9.17) is 15.3 Å². The second kappa shape index (κ2) is 5.07. The van der Waals surface area contributed by atoms with E-state index in [2.05, 4.69) is 47.8 Å². The lowest BCUT2D eigenvalue weighted by Gasteiger charge is -2.17. The van der Waals surface area contributed by atoms with Gasteiger partial charge in [0.25, 0.3) is 0 Å². The van der Waals surface area contributed by atoms with E-state index in [-0.39, 0.29) is 9.31 Å². The van der Waals surface area contributed by atoms with E-state index >= 15 is 0 Å². The minimum absolute atomic E-state index is 0.0577. The normalized spacial score (nSPS) is 17.2. The van der Waals surface area contributed by atoms with Gasteiger partial charge in [0, 0.05) is 9.31 Å². The number of aliphatic hydroxyl groups is 3. The van der Waals surface area contributed by atoms with Gasteiger partial charge >= 0.3 is 5.97 Å². The molecule has 0 heterocycles. The predicted molar refractivity (Wildman–Crippen MR) is 57.3 cm³/mol. The van der Waals surface area contributed by atoms with Gasteiger partial charge in [-0.1, -0.05) is 38.8 Å². The van der Waals surface area contributed by atoms with Crippen LogP contribution >= 0.6 is 47.8 Å². The maximum atomic E-state index is 8.76. The Labute approximate surface area is 95.9 Å². The summed E-state index contributed by atoms with van der Waals surface area (Å²) in [6.07, 6.45) is 0.756. The summed E-state index contributed by atoms with van der Waals surface area (Å²) >= 11 is 9.24. The van der Waals surface area contributed by atoms with Crippen molar-refractivity contribution in [3.63, 3.8) is 0 Å². The lowest BCUT2D eigenvalue weighted by molar-refractivity contribution is -0.275. The molecule has 6 heteroatoms. The molecule has 0 radical (unpaired) electrons. The van der Waals surface area contributed by atoms with Crippen molar-refractivity contribution in [3.05, 3.63) is 8.96 Å². The Hall–Kier alpha value is 1.06. The van der Waals surface area contributed by atoms with Gasteiger partial charge in [-0.2, -0.15) is 0 Å². The Morgan fingerprint density at radius 2 is 1.75 bits per heavy atom. The molecule has 0 rings (SSSR count). The largest absolute Gasteiger partial charge is 0.339 e. The van der Waals surface area contributed by atoms with Crippen LogP contribution in [-0.4, -0.2) is 26.1 Å². The van der Waals surface area contributed by atoms with Gasteiger partial charge in [0.2, 0.25) is 0 Å². The Balaban J connectivity index is 4.69. The highest BCUT2D eigenvalue weighted by Gasteiger charge is 2.27. The summed E-state index contributed by atoms with van der Waals surface area (Å²) in [4.78, 5) is -0.0577. The van der Waals surface area contributed by atoms with Gasteiger partial charge in [-0.25, -0.2) is 0 Å². The first-order valence-corrected chi connectivity index (χ1v) is 5.67. The van der Waals surface area contributed by atoms with E-state index < -0.39 is 5.97 Å². The summed E-state index contributed by atoms with van der Waals surface area (Å²) in [5.41, 5.74) is 0. The van der Waals surface area contributed by atoms with Crippen molar-refractivity contribution in [1.82, 2.24) is 0 Å². The Morgan fingerprint density at radius 1 is 1.33 bits per heavy atom. The van der Waals surface area contributed by atoms with Gasteiger partial charge in [-0.3, -0.25) is 0 Å². The Kier molecular flexibility index (Phi) is 5.52. The van der Waals surface area contributed by atoms with Crippen molar-refractivity contribution in [1.29, 1.82) is 0 Å². The minimum atomic E-state index is -2.82. The average Bonchev–Trinajstić information content (AvgIpc) is 1.98. The Morgan fingerprint density at radius 3 is 2.00 bits per heavy atom. The van der Waals surface area contributed by atoms with Gasteiger partial charge < -0.3 is 15.3 Å². The molecule has 0 saturated heterocycles. The first-order valence-electron chi connectivity index (χ1n) is 3.17. The van der Waals surface area contributed by atoms with Gasteiger partial charge in [0.1, 0.15) is 0 Å². The van der Waals surface area contributed by atoms with Crippen molar-refractivity contribution in [2.24, 2.45) is 0 Å². The SMILES string of the molecule is CCC(Br)C(Br)=C(Br)C(O)(O)O. The second-order valence-corrected chi connectivity index (χ2v) is 4.93. The molecule has 0 fully saturated rings. The first kappa shape index (κ1) is 13.1. The summed E-state index contributed by atoms with van der Waals surface area (Å²) in [7, 11) is 0. The van der Waals surface area contributed by atoms with E-state index in [1.807, 2.05) is 6.92 Å². The van der Waals surface area contributed by atoms with E-state index in [0.29, 0.717) is 4.48 Å². The van der Waals surface area contributed by atoms with Crippen molar-refractivity contribution >= 4 is 47.8 Å². The summed E-state index contributed by atoms with van der Waals surface area (Å²) in [5.74, 6) is -2.82. The van der Waals surface area contributed by atoms with E-state index in [9.17, 15) is 0 Å². The smallest absolute Gasteiger partial charge is 0.312 e. The number of alkyl halides is 1. The minimum Gasteiger partial charge on any atom is -0.339 e. The fourth-order valence-corrected chi connectivity index (χ4v) is 1.88. The molecular weight excluding hydrogens is 360 g/mol. The number of allylic oxidation sites excluding steroid dienone is 1. The quantitative estimate of drug-likeness (QED) is 0.526.